The zero-order chi connectivity index (χ0) is 15.1. The van der Waals surface area contributed by atoms with Gasteiger partial charge in [-0.1, -0.05) is 34.1 Å². The van der Waals surface area contributed by atoms with Gasteiger partial charge in [0, 0.05) is 5.33 Å². The van der Waals surface area contributed by atoms with E-state index in [1.165, 1.54) is 12.1 Å². The lowest BCUT2D eigenvalue weighted by Crippen LogP contribution is -1.96. The van der Waals surface area contributed by atoms with Gasteiger partial charge in [-0.2, -0.15) is 0 Å². The van der Waals surface area contributed by atoms with E-state index in [1.54, 1.807) is 29.5 Å². The molecule has 0 radical (unpaired) electrons. The molecule has 0 amide bonds. The molecule has 1 aromatic heterocycles. The molecule has 0 saturated carbocycles. The molecule has 3 aromatic rings. The Balaban J connectivity index is 0.000000194. The third-order valence-corrected chi connectivity index (χ3v) is 3.99. The first-order chi connectivity index (χ1) is 10.2. The average Bonchev–Trinajstić information content (AvgIpc) is 2.86. The van der Waals surface area contributed by atoms with Crippen molar-refractivity contribution in [2.75, 3.05) is 11.9 Å². The summed E-state index contributed by atoms with van der Waals surface area (Å²) in [6.45, 7) is 0.682. The Bertz CT molecular complexity index is 742. The van der Waals surface area contributed by atoms with Crippen molar-refractivity contribution in [3.05, 3.63) is 58.3 Å². The number of fused-ring (bicyclic) bond motifs is 1. The van der Waals surface area contributed by atoms with Gasteiger partial charge in [-0.3, -0.25) is 0 Å². The number of hydrogen-bond donors (Lipinski definition) is 1. The molecule has 0 unspecified atom stereocenters. The van der Waals surface area contributed by atoms with Crippen LogP contribution in [0, 0.1) is 9.77 Å². The highest BCUT2D eigenvalue weighted by molar-refractivity contribution is 9.09. The summed E-state index contributed by atoms with van der Waals surface area (Å²) in [5, 5.41) is 0.841. The van der Waals surface area contributed by atoms with Gasteiger partial charge in [0.05, 0.1) is 16.8 Å². The SMILES string of the molecule is Fc1ccccc1.S=c1[nH]c2ccc(OCCBr)cc2s1. The molecule has 110 valence electrons. The zero-order valence-electron chi connectivity index (χ0n) is 11.0. The van der Waals surface area contributed by atoms with Crippen LogP contribution in [0.2, 0.25) is 0 Å². The molecule has 0 saturated heterocycles. The highest BCUT2D eigenvalue weighted by Crippen LogP contribution is 2.24. The standard InChI is InChI=1S/C9H8BrNOS2.C6H5F/c10-3-4-12-6-1-2-7-8(5-6)14-9(13)11-7;7-6-4-2-1-3-5-6/h1-2,5H,3-4H2,(H,11,13);1-5H. The minimum Gasteiger partial charge on any atom is -0.493 e. The van der Waals surface area contributed by atoms with Crippen molar-refractivity contribution in [1.82, 2.24) is 4.98 Å². The molecule has 0 aliphatic heterocycles. The maximum absolute atomic E-state index is 11.9. The Labute approximate surface area is 139 Å². The molecule has 0 aliphatic rings. The second-order valence-electron chi connectivity index (χ2n) is 4.01. The minimum absolute atomic E-state index is 0.178. The monoisotopic (exact) mass is 385 g/mol. The number of nitrogens with one attached hydrogen (secondary N) is 1. The molecule has 21 heavy (non-hydrogen) atoms. The van der Waals surface area contributed by atoms with Crippen molar-refractivity contribution in [3.8, 4) is 5.75 Å². The number of benzene rings is 2. The Morgan fingerprint density at radius 3 is 2.57 bits per heavy atom. The summed E-state index contributed by atoms with van der Waals surface area (Å²) in [5.74, 6) is 0.713. The zero-order valence-corrected chi connectivity index (χ0v) is 14.2. The van der Waals surface area contributed by atoms with Crippen LogP contribution in [0.15, 0.2) is 48.5 Å². The topological polar surface area (TPSA) is 25.0 Å². The molecule has 2 nitrogen and oxygen atoms in total. The molecule has 6 heteroatoms. The van der Waals surface area contributed by atoms with Crippen molar-refractivity contribution in [2.24, 2.45) is 0 Å². The van der Waals surface area contributed by atoms with Gasteiger partial charge in [-0.25, -0.2) is 4.39 Å². The molecule has 3 rings (SSSR count). The van der Waals surface area contributed by atoms with Crippen LogP contribution < -0.4 is 4.74 Å². The van der Waals surface area contributed by atoms with Crippen LogP contribution in [0.1, 0.15) is 0 Å². The number of aromatic amines is 1. The van der Waals surface area contributed by atoms with Gasteiger partial charge in [-0.05, 0) is 42.5 Å². The van der Waals surface area contributed by atoms with Crippen LogP contribution in [0.3, 0.4) is 0 Å². The number of H-pyrrole nitrogens is 1. The van der Waals surface area contributed by atoms with E-state index < -0.39 is 0 Å². The second kappa shape index (κ2) is 8.26. The van der Waals surface area contributed by atoms with Crippen LogP contribution in [0.4, 0.5) is 4.39 Å². The normalized spacial score (nSPS) is 10.0. The highest BCUT2D eigenvalue weighted by atomic mass is 79.9. The fraction of sp³-hybridized carbons (Fsp3) is 0.133. The van der Waals surface area contributed by atoms with Crippen LogP contribution in [-0.2, 0) is 0 Å². The maximum atomic E-state index is 11.9. The summed E-state index contributed by atoms with van der Waals surface area (Å²) in [6, 6.07) is 13.9. The Morgan fingerprint density at radius 2 is 1.95 bits per heavy atom. The van der Waals surface area contributed by atoms with E-state index in [9.17, 15) is 4.39 Å². The molecule has 1 heterocycles. The first kappa shape index (κ1) is 16.1. The smallest absolute Gasteiger partial charge is 0.159 e. The maximum Gasteiger partial charge on any atom is 0.159 e. The van der Waals surface area contributed by atoms with Gasteiger partial charge < -0.3 is 9.72 Å². The number of ether oxygens (including phenoxy) is 1. The average molecular weight is 386 g/mol. The molecule has 0 fully saturated rings. The van der Waals surface area contributed by atoms with Gasteiger partial charge in [0.2, 0.25) is 0 Å². The van der Waals surface area contributed by atoms with Crippen LogP contribution >= 0.6 is 39.5 Å². The number of thiazole rings is 1. The van der Waals surface area contributed by atoms with Gasteiger partial charge in [0.25, 0.3) is 0 Å². The second-order valence-corrected chi connectivity index (χ2v) is 6.52. The first-order valence-corrected chi connectivity index (χ1v) is 8.56. The first-order valence-electron chi connectivity index (χ1n) is 6.21. The molecule has 0 spiro atoms. The third-order valence-electron chi connectivity index (χ3n) is 2.47. The van der Waals surface area contributed by atoms with Crippen molar-refractivity contribution in [3.63, 3.8) is 0 Å². The minimum atomic E-state index is -0.178. The Morgan fingerprint density at radius 1 is 1.19 bits per heavy atom. The lowest BCUT2D eigenvalue weighted by Gasteiger charge is -2.02. The number of alkyl halides is 1. The van der Waals surface area contributed by atoms with E-state index in [0.717, 1.165) is 25.3 Å². The van der Waals surface area contributed by atoms with Gasteiger partial charge in [-0.15, -0.1) is 11.3 Å². The fourth-order valence-electron chi connectivity index (χ4n) is 1.59. The van der Waals surface area contributed by atoms with Crippen molar-refractivity contribution < 1.29 is 9.13 Å². The highest BCUT2D eigenvalue weighted by Gasteiger charge is 1.99. The third kappa shape index (κ3) is 5.22. The largest absolute Gasteiger partial charge is 0.493 e. The van der Waals surface area contributed by atoms with E-state index in [1.807, 2.05) is 18.2 Å². The molecule has 0 bridgehead atoms. The van der Waals surface area contributed by atoms with E-state index in [0.29, 0.717) is 6.61 Å². The van der Waals surface area contributed by atoms with E-state index in [-0.39, 0.29) is 5.82 Å². The lowest BCUT2D eigenvalue weighted by atomic mass is 10.3. The summed E-state index contributed by atoms with van der Waals surface area (Å²) in [4.78, 5) is 3.11. The van der Waals surface area contributed by atoms with E-state index in [2.05, 4.69) is 20.9 Å². The van der Waals surface area contributed by atoms with Gasteiger partial charge in [0.15, 0.2) is 3.95 Å². The van der Waals surface area contributed by atoms with E-state index in [4.69, 9.17) is 17.0 Å². The molecule has 2 aromatic carbocycles. The molecule has 1 N–H and O–H groups in total. The van der Waals surface area contributed by atoms with Crippen LogP contribution in [0.5, 0.6) is 5.75 Å². The number of rotatable bonds is 3. The fourth-order valence-corrected chi connectivity index (χ4v) is 2.89. The van der Waals surface area contributed by atoms with E-state index >= 15 is 0 Å². The van der Waals surface area contributed by atoms with Gasteiger partial charge in [0.1, 0.15) is 11.6 Å². The molecule has 0 aliphatic carbocycles. The quantitative estimate of drug-likeness (QED) is 0.471. The van der Waals surface area contributed by atoms with Crippen molar-refractivity contribution >= 4 is 49.7 Å². The van der Waals surface area contributed by atoms with Gasteiger partial charge >= 0.3 is 0 Å². The number of halogens is 2. The summed E-state index contributed by atoms with van der Waals surface area (Å²) >= 11 is 9.94. The summed E-state index contributed by atoms with van der Waals surface area (Å²) < 4.78 is 19.3. The van der Waals surface area contributed by atoms with Crippen LogP contribution in [0.25, 0.3) is 10.2 Å². The summed E-state index contributed by atoms with van der Waals surface area (Å²) in [6.07, 6.45) is 0. The van der Waals surface area contributed by atoms with Crippen molar-refractivity contribution in [1.29, 1.82) is 0 Å². The number of hydrogen-bond acceptors (Lipinski definition) is 3. The predicted molar refractivity (Wildman–Crippen MR) is 92.7 cm³/mol. The summed E-state index contributed by atoms with van der Waals surface area (Å²) in [5.41, 5.74) is 1.08. The number of aromatic nitrogens is 1. The summed E-state index contributed by atoms with van der Waals surface area (Å²) in [7, 11) is 0. The van der Waals surface area contributed by atoms with Crippen molar-refractivity contribution in [2.45, 2.75) is 0 Å². The van der Waals surface area contributed by atoms with Crippen LogP contribution in [-0.4, -0.2) is 16.9 Å². The Kier molecular flexibility index (Phi) is 6.35. The lowest BCUT2D eigenvalue weighted by molar-refractivity contribution is 0.345. The molecular weight excluding hydrogens is 373 g/mol. The molecular formula is C15H13BrFNOS2. The Hall–Kier alpha value is -1.24. The predicted octanol–water partition coefficient (Wildman–Crippen LogP) is 5.56. The molecule has 0 atom stereocenters.